The van der Waals surface area contributed by atoms with E-state index in [0.29, 0.717) is 12.0 Å². The molecule has 1 fully saturated rings. The van der Waals surface area contributed by atoms with E-state index in [4.69, 9.17) is 4.74 Å². The van der Waals surface area contributed by atoms with Crippen molar-refractivity contribution in [3.63, 3.8) is 0 Å². The molecule has 1 N–H and O–H groups in total. The Balaban J connectivity index is 1.51. The van der Waals surface area contributed by atoms with Gasteiger partial charge in [0.25, 0.3) is 0 Å². The molecule has 0 aromatic heterocycles. The average molecular weight is 442 g/mol. The number of ketones is 1. The molecule has 0 saturated heterocycles. The Morgan fingerprint density at radius 2 is 1.52 bits per heavy atom. The van der Waals surface area contributed by atoms with Crippen molar-refractivity contribution in [2.45, 2.75) is 69.8 Å². The second kappa shape index (κ2) is 9.38. The summed E-state index contributed by atoms with van der Waals surface area (Å²) in [4.78, 5) is 27.1. The van der Waals surface area contributed by atoms with Gasteiger partial charge >= 0.3 is 5.97 Å². The Morgan fingerprint density at radius 3 is 2.18 bits per heavy atom. The molecule has 5 rings (SSSR count). The van der Waals surface area contributed by atoms with Gasteiger partial charge in [-0.15, -0.1) is 0 Å². The van der Waals surface area contributed by atoms with Crippen LogP contribution in [0.1, 0.15) is 74.8 Å². The molecule has 4 heteroatoms. The number of carbonyl (C=O) groups is 2. The molecule has 33 heavy (non-hydrogen) atoms. The average Bonchev–Trinajstić information content (AvgIpc) is 2.84. The smallest absolute Gasteiger partial charge is 0.337 e. The quantitative estimate of drug-likeness (QED) is 0.598. The first-order valence-electron chi connectivity index (χ1n) is 12.2. The molecule has 0 unspecified atom stereocenters. The van der Waals surface area contributed by atoms with Crippen molar-refractivity contribution in [1.29, 1.82) is 0 Å². The van der Waals surface area contributed by atoms with Crippen LogP contribution in [0, 0.1) is 0 Å². The van der Waals surface area contributed by atoms with E-state index in [1.807, 2.05) is 55.5 Å². The number of hydrogen-bond acceptors (Lipinski definition) is 4. The Kier molecular flexibility index (Phi) is 6.17. The highest BCUT2D eigenvalue weighted by molar-refractivity contribution is 6.04. The molecule has 0 amide bonds. The van der Waals surface area contributed by atoms with E-state index in [2.05, 4.69) is 17.4 Å². The lowest BCUT2D eigenvalue weighted by Gasteiger charge is -2.37. The van der Waals surface area contributed by atoms with Gasteiger partial charge < -0.3 is 10.1 Å². The van der Waals surface area contributed by atoms with E-state index in [1.54, 1.807) is 0 Å². The molecule has 3 aliphatic rings. The predicted molar refractivity (Wildman–Crippen MR) is 128 cm³/mol. The molecule has 2 atom stereocenters. The molecule has 4 nitrogen and oxygen atoms in total. The molecule has 2 aliphatic carbocycles. The predicted octanol–water partition coefficient (Wildman–Crippen LogP) is 5.92. The SMILES string of the molecule is CC1=C(C(=O)OC2CCCCC2)[C@@H](c2ccccc2)C2=C(C[C@H](c3ccccc3)CC2=O)N1. The van der Waals surface area contributed by atoms with Gasteiger partial charge in [0.2, 0.25) is 0 Å². The van der Waals surface area contributed by atoms with Gasteiger partial charge in [0.15, 0.2) is 5.78 Å². The number of ether oxygens (including phenoxy) is 1. The van der Waals surface area contributed by atoms with Crippen LogP contribution >= 0.6 is 0 Å². The number of rotatable bonds is 4. The molecule has 0 spiro atoms. The summed E-state index contributed by atoms with van der Waals surface area (Å²) in [6.07, 6.45) is 6.45. The zero-order valence-corrected chi connectivity index (χ0v) is 19.2. The molecule has 2 aromatic rings. The topological polar surface area (TPSA) is 55.4 Å². The second-order valence-electron chi connectivity index (χ2n) is 9.50. The first-order chi connectivity index (χ1) is 16.1. The molecular formula is C29H31NO3. The molecule has 1 saturated carbocycles. The lowest BCUT2D eigenvalue weighted by atomic mass is 9.72. The van der Waals surface area contributed by atoms with Gasteiger partial charge in [-0.05, 0) is 56.1 Å². The monoisotopic (exact) mass is 441 g/mol. The van der Waals surface area contributed by atoms with E-state index < -0.39 is 0 Å². The number of allylic oxidation sites excluding steroid dienone is 3. The fourth-order valence-corrected chi connectivity index (χ4v) is 5.65. The third-order valence-electron chi connectivity index (χ3n) is 7.28. The zero-order chi connectivity index (χ0) is 22.8. The van der Waals surface area contributed by atoms with E-state index in [9.17, 15) is 9.59 Å². The summed E-state index contributed by atoms with van der Waals surface area (Å²) in [5, 5.41) is 3.45. The number of dihydropyridines is 1. The normalized spacial score (nSPS) is 23.7. The van der Waals surface area contributed by atoms with E-state index in [-0.39, 0.29) is 29.7 Å². The number of benzene rings is 2. The highest BCUT2D eigenvalue weighted by Gasteiger charge is 2.41. The standard InChI is InChI=1S/C29H31NO3/c1-19-26(29(32)33-23-15-9-4-10-16-23)27(21-13-7-3-8-14-21)28-24(30-19)17-22(18-25(28)31)20-11-5-2-6-12-20/h2-3,5-8,11-14,22-23,27,30H,4,9-10,15-18H2,1H3/t22-,27+/m0/s1. The van der Waals surface area contributed by atoms with Crippen LogP contribution in [-0.2, 0) is 14.3 Å². The Hall–Kier alpha value is -3.14. The van der Waals surface area contributed by atoms with Crippen molar-refractivity contribution in [3.8, 4) is 0 Å². The third-order valence-corrected chi connectivity index (χ3v) is 7.28. The molecule has 0 bridgehead atoms. The number of hydrogen-bond donors (Lipinski definition) is 1. The second-order valence-corrected chi connectivity index (χ2v) is 9.50. The summed E-state index contributed by atoms with van der Waals surface area (Å²) in [6, 6.07) is 20.2. The highest BCUT2D eigenvalue weighted by Crippen LogP contribution is 2.45. The fourth-order valence-electron chi connectivity index (χ4n) is 5.65. The summed E-state index contributed by atoms with van der Waals surface area (Å²) in [5.41, 5.74) is 5.20. The minimum atomic E-state index is -0.386. The van der Waals surface area contributed by atoms with Crippen molar-refractivity contribution >= 4 is 11.8 Å². The number of carbonyl (C=O) groups excluding carboxylic acids is 2. The molecule has 170 valence electrons. The van der Waals surface area contributed by atoms with Crippen LogP contribution in [0.25, 0.3) is 0 Å². The zero-order valence-electron chi connectivity index (χ0n) is 19.2. The summed E-state index contributed by atoms with van der Waals surface area (Å²) in [7, 11) is 0. The van der Waals surface area contributed by atoms with Crippen LogP contribution in [0.15, 0.2) is 83.2 Å². The van der Waals surface area contributed by atoms with Crippen molar-refractivity contribution in [3.05, 3.63) is 94.3 Å². The third kappa shape index (κ3) is 4.39. The molecule has 2 aromatic carbocycles. The van der Waals surface area contributed by atoms with Crippen LogP contribution in [0.3, 0.4) is 0 Å². The molecule has 0 radical (unpaired) electrons. The van der Waals surface area contributed by atoms with Crippen molar-refractivity contribution in [1.82, 2.24) is 5.32 Å². The first kappa shape index (κ1) is 21.7. The molecule has 1 heterocycles. The summed E-state index contributed by atoms with van der Waals surface area (Å²) < 4.78 is 5.99. The Labute approximate surface area is 195 Å². The van der Waals surface area contributed by atoms with Crippen LogP contribution in [-0.4, -0.2) is 17.9 Å². The van der Waals surface area contributed by atoms with E-state index in [0.717, 1.165) is 54.6 Å². The van der Waals surface area contributed by atoms with Crippen molar-refractivity contribution in [2.24, 2.45) is 0 Å². The van der Waals surface area contributed by atoms with Crippen molar-refractivity contribution in [2.75, 3.05) is 0 Å². The number of esters is 1. The minimum Gasteiger partial charge on any atom is -0.459 e. The maximum atomic E-state index is 13.6. The van der Waals surface area contributed by atoms with E-state index in [1.165, 1.54) is 12.0 Å². The number of nitrogens with one attached hydrogen (secondary N) is 1. The molecule has 1 aliphatic heterocycles. The van der Waals surface area contributed by atoms with Gasteiger partial charge in [-0.1, -0.05) is 67.1 Å². The Bertz CT molecular complexity index is 1090. The Morgan fingerprint density at radius 1 is 0.879 bits per heavy atom. The minimum absolute atomic E-state index is 0.0251. The van der Waals surface area contributed by atoms with Gasteiger partial charge in [-0.2, -0.15) is 0 Å². The summed E-state index contributed by atoms with van der Waals surface area (Å²) in [5.74, 6) is -0.417. The fraction of sp³-hybridized carbons (Fsp3) is 0.379. The van der Waals surface area contributed by atoms with Gasteiger partial charge in [0.05, 0.1) is 5.57 Å². The van der Waals surface area contributed by atoms with Crippen LogP contribution in [0.2, 0.25) is 0 Å². The maximum absolute atomic E-state index is 13.6. The van der Waals surface area contributed by atoms with Crippen molar-refractivity contribution < 1.29 is 14.3 Å². The lowest BCUT2D eigenvalue weighted by molar-refractivity contribution is -0.146. The summed E-state index contributed by atoms with van der Waals surface area (Å²) in [6.45, 7) is 1.94. The lowest BCUT2D eigenvalue weighted by Crippen LogP contribution is -2.37. The summed E-state index contributed by atoms with van der Waals surface area (Å²) >= 11 is 0. The highest BCUT2D eigenvalue weighted by atomic mass is 16.5. The maximum Gasteiger partial charge on any atom is 0.337 e. The van der Waals surface area contributed by atoms with Crippen LogP contribution in [0.5, 0.6) is 0 Å². The molecular weight excluding hydrogens is 410 g/mol. The van der Waals surface area contributed by atoms with Gasteiger partial charge in [0.1, 0.15) is 6.10 Å². The van der Waals surface area contributed by atoms with E-state index >= 15 is 0 Å². The largest absolute Gasteiger partial charge is 0.459 e. The van der Waals surface area contributed by atoms with Crippen LogP contribution < -0.4 is 5.32 Å². The number of Topliss-reactive ketones (excluding diaryl/α,β-unsaturated/α-hetero) is 1. The first-order valence-corrected chi connectivity index (χ1v) is 12.2. The van der Waals surface area contributed by atoms with Gasteiger partial charge in [0, 0.05) is 29.3 Å². The van der Waals surface area contributed by atoms with Crippen LogP contribution in [0.4, 0.5) is 0 Å². The van der Waals surface area contributed by atoms with Gasteiger partial charge in [-0.3, -0.25) is 4.79 Å². The van der Waals surface area contributed by atoms with Gasteiger partial charge in [-0.25, -0.2) is 4.79 Å².